The second kappa shape index (κ2) is 18.8. The van der Waals surface area contributed by atoms with E-state index in [0.717, 1.165) is 0 Å². The minimum absolute atomic E-state index is 0.00666. The molecule has 0 aromatic carbocycles. The molecule has 0 rings (SSSR count). The smallest absolute Gasteiger partial charge is 0.192 e. The van der Waals surface area contributed by atoms with E-state index in [1.54, 1.807) is 0 Å². The summed E-state index contributed by atoms with van der Waals surface area (Å²) in [6, 6.07) is 0. The summed E-state index contributed by atoms with van der Waals surface area (Å²) in [6.45, 7) is 104. The molecule has 0 saturated heterocycles. The Kier molecular flexibility index (Phi) is 19.4. The third kappa shape index (κ3) is 10.3. The molecule has 0 radical (unpaired) electrons. The van der Waals surface area contributed by atoms with Crippen molar-refractivity contribution >= 4 is 8.32 Å². The monoisotopic (exact) mass is 991 g/mol. The highest BCUT2D eigenvalue weighted by Gasteiger charge is 2.69. The van der Waals surface area contributed by atoms with Crippen LogP contribution >= 0.6 is 0 Å². The SMILES string of the molecule is CC(C)(O)C(C)(C)C(C)(C)C(C)(C)C(C)(C)C(C)(C)C(C)(C)C(C)(C)C(C)(C)C(C)(C)O.CC(C)=C(C)C(C)(C)C(C)(C)C(C)(C)C(C)(C)C(C)(C)C(C)(C)C(C)(C)C(C)(C)O[Si](C)(C)C(C)(C)C. The predicted molar refractivity (Wildman–Crippen MR) is 316 cm³/mol. The van der Waals surface area contributed by atoms with Gasteiger partial charge in [0.05, 0.1) is 16.8 Å². The van der Waals surface area contributed by atoms with Crippen molar-refractivity contribution in [3.8, 4) is 0 Å². The summed E-state index contributed by atoms with van der Waals surface area (Å²) in [7, 11) is -1.95. The van der Waals surface area contributed by atoms with Gasteiger partial charge in [-0.15, -0.1) is 0 Å². The van der Waals surface area contributed by atoms with Crippen LogP contribution in [0.1, 0.15) is 291 Å². The fourth-order valence-electron chi connectivity index (χ4n) is 12.9. The third-order valence-electron chi connectivity index (χ3n) is 28.9. The van der Waals surface area contributed by atoms with Crippen LogP contribution in [-0.4, -0.2) is 35.3 Å². The zero-order valence-electron chi connectivity index (χ0n) is 56.3. The number of allylic oxidation sites excluding steroid dienone is 2. The molecule has 0 aliphatic rings. The molecule has 0 aliphatic carbocycles. The average molecular weight is 992 g/mol. The highest BCUT2D eigenvalue weighted by molar-refractivity contribution is 6.74. The lowest BCUT2D eigenvalue weighted by atomic mass is 9.34. The Balaban J connectivity index is 0. The van der Waals surface area contributed by atoms with Gasteiger partial charge in [0, 0.05) is 0 Å². The second-order valence-corrected chi connectivity index (χ2v) is 39.2. The van der Waals surface area contributed by atoms with Crippen molar-refractivity contribution < 1.29 is 14.6 Å². The van der Waals surface area contributed by atoms with Crippen LogP contribution in [0.4, 0.5) is 0 Å². The maximum atomic E-state index is 11.2. The van der Waals surface area contributed by atoms with E-state index in [1.807, 2.05) is 27.7 Å². The van der Waals surface area contributed by atoms with Crippen molar-refractivity contribution in [3.63, 3.8) is 0 Å². The first-order valence-electron chi connectivity index (χ1n) is 27.6. The second-order valence-electron chi connectivity index (χ2n) is 34.5. The summed E-state index contributed by atoms with van der Waals surface area (Å²) in [5.41, 5.74) is -0.360. The van der Waals surface area contributed by atoms with Gasteiger partial charge in [-0.25, -0.2) is 0 Å². The molecule has 416 valence electrons. The van der Waals surface area contributed by atoms with Crippen LogP contribution < -0.4 is 0 Å². The van der Waals surface area contributed by atoms with Crippen LogP contribution in [0.5, 0.6) is 0 Å². The summed E-state index contributed by atoms with van der Waals surface area (Å²) < 4.78 is 7.25. The minimum atomic E-state index is -1.95. The fraction of sp³-hybridized carbons (Fsp3) is 0.969. The van der Waals surface area contributed by atoms with Crippen LogP contribution in [0.2, 0.25) is 18.1 Å². The zero-order valence-corrected chi connectivity index (χ0v) is 57.3. The Hall–Kier alpha value is -0.163. The summed E-state index contributed by atoms with van der Waals surface area (Å²) >= 11 is 0. The third-order valence-corrected chi connectivity index (χ3v) is 33.5. The summed E-state index contributed by atoms with van der Waals surface area (Å²) in [5.74, 6) is 0. The van der Waals surface area contributed by atoms with E-state index >= 15 is 0 Å². The van der Waals surface area contributed by atoms with E-state index in [4.69, 9.17) is 4.43 Å². The molecular weight excluding hydrogens is 857 g/mol. The van der Waals surface area contributed by atoms with Crippen LogP contribution in [0.15, 0.2) is 11.1 Å². The molecule has 4 heteroatoms. The lowest BCUT2D eigenvalue weighted by molar-refractivity contribution is -0.244. The number of rotatable bonds is 19. The van der Waals surface area contributed by atoms with E-state index in [9.17, 15) is 10.2 Å². The van der Waals surface area contributed by atoms with Gasteiger partial charge in [0.1, 0.15) is 0 Å². The summed E-state index contributed by atoms with van der Waals surface area (Å²) in [6.07, 6.45) is 0. The van der Waals surface area contributed by atoms with E-state index in [-0.39, 0.29) is 91.9 Å². The Morgan fingerprint density at radius 3 is 0.623 bits per heavy atom. The van der Waals surface area contributed by atoms with Gasteiger partial charge in [-0.1, -0.05) is 240 Å². The minimum Gasteiger partial charge on any atom is -0.411 e. The van der Waals surface area contributed by atoms with Gasteiger partial charge >= 0.3 is 0 Å². The lowest BCUT2D eigenvalue weighted by Gasteiger charge is -2.71. The Morgan fingerprint density at radius 2 is 0.449 bits per heavy atom. The molecular formula is C65H134O3Si. The molecule has 0 aromatic heterocycles. The van der Waals surface area contributed by atoms with Crippen LogP contribution in [0.25, 0.3) is 0 Å². The van der Waals surface area contributed by atoms with Crippen molar-refractivity contribution in [1.29, 1.82) is 0 Å². The standard InChI is InChI=1S/C35H72OSi.C30H62O2/c1-25(2)26(3)28(7,8)29(9,10)30(11,12)31(13,14)32(15,16)33(17,18)34(19,20)35(21,22)36-37(23,24)27(4,5)6;1-21(2,23(5,6)25(9,10)27(13,14)29(17,18)31)22(3,4)24(7,8)26(11,12)28(15,16)30(19,20)32/h1-24H3;31-32H,1-20H3. The van der Waals surface area contributed by atoms with Crippen molar-refractivity contribution in [2.45, 2.75) is 326 Å². The molecule has 0 unspecified atom stereocenters. The molecule has 0 aromatic rings. The van der Waals surface area contributed by atoms with Gasteiger partial charge in [0.25, 0.3) is 0 Å². The Bertz CT molecular complexity index is 1720. The van der Waals surface area contributed by atoms with E-state index in [2.05, 4.69) is 276 Å². The number of aliphatic hydroxyl groups is 2. The van der Waals surface area contributed by atoms with Gasteiger partial charge in [-0.05, 0) is 162 Å². The van der Waals surface area contributed by atoms with Gasteiger partial charge in [0.15, 0.2) is 8.32 Å². The molecule has 0 fully saturated rings. The van der Waals surface area contributed by atoms with Gasteiger partial charge in [0.2, 0.25) is 0 Å². The Morgan fingerprint density at radius 1 is 0.275 bits per heavy atom. The number of hydrogen-bond donors (Lipinski definition) is 2. The predicted octanol–water partition coefficient (Wildman–Crippen LogP) is 21.1. The topological polar surface area (TPSA) is 49.7 Å². The molecule has 0 aliphatic heterocycles. The molecule has 0 spiro atoms. The Labute approximate surface area is 439 Å². The van der Waals surface area contributed by atoms with Crippen molar-refractivity contribution in [2.75, 3.05) is 0 Å². The molecule has 69 heavy (non-hydrogen) atoms. The summed E-state index contributed by atoms with van der Waals surface area (Å²) in [5, 5.41) is 22.5. The van der Waals surface area contributed by atoms with Crippen LogP contribution in [0, 0.1) is 81.2 Å². The van der Waals surface area contributed by atoms with E-state index < -0.39 is 19.5 Å². The maximum absolute atomic E-state index is 11.2. The molecule has 2 N–H and O–H groups in total. The normalized spacial score (nSPS) is 16.6. The first-order valence-corrected chi connectivity index (χ1v) is 30.5. The van der Waals surface area contributed by atoms with Crippen LogP contribution in [-0.2, 0) is 4.43 Å². The first-order chi connectivity index (χ1) is 28.8. The van der Waals surface area contributed by atoms with Crippen molar-refractivity contribution in [3.05, 3.63) is 11.1 Å². The molecule has 0 amide bonds. The largest absolute Gasteiger partial charge is 0.411 e. The maximum Gasteiger partial charge on any atom is 0.192 e. The van der Waals surface area contributed by atoms with Crippen molar-refractivity contribution in [2.24, 2.45) is 81.2 Å². The fourth-order valence-corrected chi connectivity index (χ4v) is 14.7. The first kappa shape index (κ1) is 70.9. The molecule has 0 atom stereocenters. The number of hydrogen-bond acceptors (Lipinski definition) is 3. The molecule has 3 nitrogen and oxygen atoms in total. The van der Waals surface area contributed by atoms with Gasteiger partial charge < -0.3 is 14.6 Å². The highest BCUT2D eigenvalue weighted by atomic mass is 28.4. The zero-order chi connectivity index (χ0) is 57.9. The molecule has 0 saturated carbocycles. The van der Waals surface area contributed by atoms with Crippen LogP contribution in [0.3, 0.4) is 0 Å². The highest BCUT2D eigenvalue weighted by Crippen LogP contribution is 2.74. The van der Waals surface area contributed by atoms with Crippen molar-refractivity contribution in [1.82, 2.24) is 0 Å². The average Bonchev–Trinajstić information content (AvgIpc) is 3.08. The molecule has 0 heterocycles. The molecule has 0 bridgehead atoms. The van der Waals surface area contributed by atoms with Gasteiger partial charge in [-0.2, -0.15) is 0 Å². The quantitative estimate of drug-likeness (QED) is 0.100. The van der Waals surface area contributed by atoms with Gasteiger partial charge in [-0.3, -0.25) is 0 Å². The van der Waals surface area contributed by atoms with E-state index in [0.29, 0.717) is 0 Å². The van der Waals surface area contributed by atoms with E-state index in [1.165, 1.54) is 11.1 Å². The lowest BCUT2D eigenvalue weighted by Crippen LogP contribution is -2.66. The summed E-state index contributed by atoms with van der Waals surface area (Å²) in [4.78, 5) is 0.